The molecule has 2 aliphatic rings. The van der Waals surface area contributed by atoms with Gasteiger partial charge in [-0.1, -0.05) is 0 Å². The van der Waals surface area contributed by atoms with Crippen molar-refractivity contribution in [3.05, 3.63) is 41.2 Å². The van der Waals surface area contributed by atoms with Gasteiger partial charge in [0.05, 0.1) is 17.7 Å². The molecule has 4 rings (SSSR count). The maximum atomic E-state index is 12.8. The van der Waals surface area contributed by atoms with Crippen molar-refractivity contribution < 1.29 is 19.0 Å². The molecule has 1 N–H and O–H groups in total. The summed E-state index contributed by atoms with van der Waals surface area (Å²) in [7, 11) is 0. The summed E-state index contributed by atoms with van der Waals surface area (Å²) in [5, 5.41) is 3.10. The van der Waals surface area contributed by atoms with E-state index in [1.807, 2.05) is 45.0 Å². The van der Waals surface area contributed by atoms with E-state index >= 15 is 0 Å². The van der Waals surface area contributed by atoms with Gasteiger partial charge in [0.15, 0.2) is 11.5 Å². The fraction of sp³-hybridized carbons (Fsp3) is 0.476. The number of hydrogen-bond donors (Lipinski definition) is 1. The molecule has 27 heavy (non-hydrogen) atoms. The summed E-state index contributed by atoms with van der Waals surface area (Å²) in [6.07, 6.45) is 2.16. The highest BCUT2D eigenvalue weighted by atomic mass is 16.6. The normalized spacial score (nSPS) is 19.7. The van der Waals surface area contributed by atoms with E-state index in [1.165, 1.54) is 0 Å². The minimum atomic E-state index is -0.0603. The molecule has 1 aromatic heterocycles. The zero-order valence-corrected chi connectivity index (χ0v) is 16.1. The van der Waals surface area contributed by atoms with Gasteiger partial charge < -0.3 is 24.1 Å². The van der Waals surface area contributed by atoms with Crippen LogP contribution in [0.25, 0.3) is 5.69 Å². The summed E-state index contributed by atoms with van der Waals surface area (Å²) in [5.74, 6) is 1.44. The summed E-state index contributed by atoms with van der Waals surface area (Å²) >= 11 is 0. The quantitative estimate of drug-likeness (QED) is 0.898. The van der Waals surface area contributed by atoms with Crippen LogP contribution in [0, 0.1) is 13.8 Å². The Hall–Kier alpha value is -2.47. The Labute approximate surface area is 159 Å². The summed E-state index contributed by atoms with van der Waals surface area (Å²) < 4.78 is 19.1. The molecule has 0 saturated carbocycles. The molecule has 0 spiro atoms. The van der Waals surface area contributed by atoms with E-state index in [9.17, 15) is 4.79 Å². The molecule has 1 fully saturated rings. The average molecular weight is 370 g/mol. The number of hydrogen-bond acceptors (Lipinski definition) is 4. The Morgan fingerprint density at radius 2 is 1.93 bits per heavy atom. The summed E-state index contributed by atoms with van der Waals surface area (Å²) in [4.78, 5) is 12.8. The number of fused-ring (bicyclic) bond motifs is 1. The standard InChI is InChI=1S/C21H26N2O4/c1-13-11-17(21(24)22-14(2)18-5-4-8-25-18)15(3)23(13)16-6-7-19-20(12-16)27-10-9-26-19/h6-7,11-12,14,18H,4-5,8-10H2,1-3H3,(H,22,24)/t14-,18+/m1/s1. The second kappa shape index (κ2) is 7.27. The lowest BCUT2D eigenvalue weighted by molar-refractivity contribution is 0.0712. The highest BCUT2D eigenvalue weighted by Gasteiger charge is 2.26. The highest BCUT2D eigenvalue weighted by molar-refractivity contribution is 5.96. The van der Waals surface area contributed by atoms with E-state index in [1.54, 1.807) is 0 Å². The Morgan fingerprint density at radius 1 is 1.15 bits per heavy atom. The number of ether oxygens (including phenoxy) is 3. The molecule has 0 radical (unpaired) electrons. The van der Waals surface area contributed by atoms with Gasteiger partial charge >= 0.3 is 0 Å². The van der Waals surface area contributed by atoms with Gasteiger partial charge in [-0.2, -0.15) is 0 Å². The van der Waals surface area contributed by atoms with Crippen LogP contribution in [-0.4, -0.2) is 42.4 Å². The van der Waals surface area contributed by atoms with Crippen molar-refractivity contribution in [1.82, 2.24) is 9.88 Å². The van der Waals surface area contributed by atoms with Crippen molar-refractivity contribution in [3.8, 4) is 17.2 Å². The minimum Gasteiger partial charge on any atom is -0.486 e. The SMILES string of the molecule is Cc1cc(C(=O)N[C@H](C)[C@@H]2CCCO2)c(C)n1-c1ccc2c(c1)OCCO2. The largest absolute Gasteiger partial charge is 0.486 e. The van der Waals surface area contributed by atoms with Gasteiger partial charge in [-0.25, -0.2) is 0 Å². The van der Waals surface area contributed by atoms with Gasteiger partial charge in [-0.15, -0.1) is 0 Å². The number of aryl methyl sites for hydroxylation is 1. The van der Waals surface area contributed by atoms with E-state index in [-0.39, 0.29) is 18.1 Å². The zero-order valence-electron chi connectivity index (χ0n) is 16.1. The number of carbonyl (C=O) groups excluding carboxylic acids is 1. The van der Waals surface area contributed by atoms with Gasteiger partial charge in [0.25, 0.3) is 5.91 Å². The van der Waals surface area contributed by atoms with Crippen LogP contribution in [0.2, 0.25) is 0 Å². The number of rotatable bonds is 4. The molecule has 6 heteroatoms. The summed E-state index contributed by atoms with van der Waals surface area (Å²) in [6, 6.07) is 7.80. The molecule has 144 valence electrons. The van der Waals surface area contributed by atoms with Crippen molar-refractivity contribution in [1.29, 1.82) is 0 Å². The molecule has 1 saturated heterocycles. The minimum absolute atomic E-state index is 0.00245. The number of amides is 1. The van der Waals surface area contributed by atoms with Gasteiger partial charge in [-0.3, -0.25) is 4.79 Å². The van der Waals surface area contributed by atoms with Gasteiger partial charge in [-0.05, 0) is 51.8 Å². The second-order valence-electron chi connectivity index (χ2n) is 7.26. The molecule has 1 aromatic carbocycles. The molecule has 0 aliphatic carbocycles. The molecular weight excluding hydrogens is 344 g/mol. The van der Waals surface area contributed by atoms with E-state index in [0.717, 1.165) is 48.0 Å². The zero-order chi connectivity index (χ0) is 19.0. The number of carbonyl (C=O) groups is 1. The Morgan fingerprint density at radius 3 is 2.67 bits per heavy atom. The maximum absolute atomic E-state index is 12.8. The number of nitrogens with one attached hydrogen (secondary N) is 1. The number of benzene rings is 1. The van der Waals surface area contributed by atoms with E-state index in [2.05, 4.69) is 9.88 Å². The lowest BCUT2D eigenvalue weighted by Crippen LogP contribution is -2.40. The van der Waals surface area contributed by atoms with Crippen molar-refractivity contribution in [2.45, 2.75) is 45.8 Å². The van der Waals surface area contributed by atoms with E-state index in [4.69, 9.17) is 14.2 Å². The predicted octanol–water partition coefficient (Wildman–Crippen LogP) is 3.16. The third kappa shape index (κ3) is 3.41. The fourth-order valence-electron chi connectivity index (χ4n) is 3.94. The smallest absolute Gasteiger partial charge is 0.253 e. The van der Waals surface area contributed by atoms with Gasteiger partial charge in [0.1, 0.15) is 13.2 Å². The first kappa shape index (κ1) is 17.9. The number of aromatic nitrogens is 1. The predicted molar refractivity (Wildman–Crippen MR) is 102 cm³/mol. The molecule has 2 aliphatic heterocycles. The Kier molecular flexibility index (Phi) is 4.83. The molecule has 6 nitrogen and oxygen atoms in total. The van der Waals surface area contributed by atoms with E-state index in [0.29, 0.717) is 18.8 Å². The van der Waals surface area contributed by atoms with Crippen LogP contribution in [-0.2, 0) is 4.74 Å². The molecule has 2 atom stereocenters. The summed E-state index contributed by atoms with van der Waals surface area (Å²) in [5.41, 5.74) is 3.55. The molecular formula is C21H26N2O4. The molecule has 1 amide bonds. The van der Waals surface area contributed by atoms with E-state index < -0.39 is 0 Å². The van der Waals surface area contributed by atoms with Crippen LogP contribution in [0.3, 0.4) is 0 Å². The molecule has 3 heterocycles. The third-order valence-corrected chi connectivity index (χ3v) is 5.34. The highest BCUT2D eigenvalue weighted by Crippen LogP contribution is 2.33. The fourth-order valence-corrected chi connectivity index (χ4v) is 3.94. The van der Waals surface area contributed by atoms with Crippen molar-refractivity contribution in [2.24, 2.45) is 0 Å². The lowest BCUT2D eigenvalue weighted by Gasteiger charge is -2.20. The Balaban J connectivity index is 1.59. The molecule has 2 aromatic rings. The van der Waals surface area contributed by atoms with Crippen LogP contribution >= 0.6 is 0 Å². The van der Waals surface area contributed by atoms with Crippen LogP contribution in [0.5, 0.6) is 11.5 Å². The van der Waals surface area contributed by atoms with Crippen LogP contribution in [0.1, 0.15) is 41.5 Å². The van der Waals surface area contributed by atoms with Gasteiger partial charge in [0, 0.05) is 29.7 Å². The van der Waals surface area contributed by atoms with Gasteiger partial charge in [0.2, 0.25) is 0 Å². The van der Waals surface area contributed by atoms with Crippen LogP contribution < -0.4 is 14.8 Å². The van der Waals surface area contributed by atoms with Crippen LogP contribution in [0.4, 0.5) is 0 Å². The number of nitrogens with zero attached hydrogens (tertiary/aromatic N) is 1. The monoisotopic (exact) mass is 370 g/mol. The lowest BCUT2D eigenvalue weighted by atomic mass is 10.1. The van der Waals surface area contributed by atoms with Crippen molar-refractivity contribution in [3.63, 3.8) is 0 Å². The second-order valence-corrected chi connectivity index (χ2v) is 7.26. The van der Waals surface area contributed by atoms with Crippen molar-refractivity contribution in [2.75, 3.05) is 19.8 Å². The summed E-state index contributed by atoms with van der Waals surface area (Å²) in [6.45, 7) is 7.88. The Bertz CT molecular complexity index is 852. The molecule has 0 bridgehead atoms. The first-order chi connectivity index (χ1) is 13.0. The topological polar surface area (TPSA) is 61.7 Å². The van der Waals surface area contributed by atoms with Crippen LogP contribution in [0.15, 0.2) is 24.3 Å². The van der Waals surface area contributed by atoms with Crippen molar-refractivity contribution >= 4 is 5.91 Å². The average Bonchev–Trinajstić information content (AvgIpc) is 3.30. The molecule has 0 unspecified atom stereocenters. The first-order valence-electron chi connectivity index (χ1n) is 9.56. The first-order valence-corrected chi connectivity index (χ1v) is 9.56. The third-order valence-electron chi connectivity index (χ3n) is 5.34. The maximum Gasteiger partial charge on any atom is 0.253 e.